The third kappa shape index (κ3) is 4.11. The Morgan fingerprint density at radius 3 is 2.57 bits per heavy atom. The molecule has 4 aromatic carbocycles. The molecule has 3 nitrogen and oxygen atoms in total. The molecule has 0 aromatic heterocycles. The summed E-state index contributed by atoms with van der Waals surface area (Å²) in [6, 6.07) is 26.6. The van der Waals surface area contributed by atoms with E-state index in [4.69, 9.17) is 4.74 Å². The van der Waals surface area contributed by atoms with E-state index in [0.717, 1.165) is 49.9 Å². The molecule has 1 aliphatic heterocycles. The maximum atomic E-state index is 13.5. The van der Waals surface area contributed by atoms with E-state index in [0.29, 0.717) is 13.0 Å². The minimum Gasteiger partial charge on any atom is -0.487 e. The molecule has 35 heavy (non-hydrogen) atoms. The average molecular weight is 589 g/mol. The Balaban J connectivity index is 1.51. The molecule has 0 spiro atoms. The van der Waals surface area contributed by atoms with Crippen LogP contribution in [0.3, 0.4) is 0 Å². The van der Waals surface area contributed by atoms with Gasteiger partial charge < -0.3 is 10.1 Å². The summed E-state index contributed by atoms with van der Waals surface area (Å²) in [7, 11) is 0. The number of benzene rings is 4. The fraction of sp³-hybridized carbons (Fsp3) is 0.167. The average Bonchev–Trinajstić information content (AvgIpc) is 2.87. The van der Waals surface area contributed by atoms with Gasteiger partial charge in [-0.15, -0.1) is 0 Å². The molecule has 0 saturated carbocycles. The van der Waals surface area contributed by atoms with E-state index in [-0.39, 0.29) is 11.8 Å². The second-order valence-electron chi connectivity index (χ2n) is 9.04. The summed E-state index contributed by atoms with van der Waals surface area (Å²) >= 11 is 7.38. The molecule has 4 aromatic rings. The molecule has 0 bridgehead atoms. The summed E-state index contributed by atoms with van der Waals surface area (Å²) in [5.74, 6) is 0.969. The Bertz CT molecular complexity index is 1490. The Morgan fingerprint density at radius 2 is 1.71 bits per heavy atom. The highest BCUT2D eigenvalue weighted by atomic mass is 79.9. The van der Waals surface area contributed by atoms with Crippen LogP contribution >= 0.6 is 31.9 Å². The van der Waals surface area contributed by atoms with E-state index in [9.17, 15) is 4.79 Å². The second-order valence-corrected chi connectivity index (χ2v) is 10.8. The number of fused-ring (bicyclic) bond motifs is 4. The molecule has 2 aliphatic rings. The van der Waals surface area contributed by atoms with Gasteiger partial charge in [-0.3, -0.25) is 4.79 Å². The number of hydrogen-bond donors (Lipinski definition) is 1. The number of allylic oxidation sites excluding steroid dienone is 1. The van der Waals surface area contributed by atoms with Crippen LogP contribution in [0.25, 0.3) is 16.3 Å². The number of carbonyl (C=O) groups excluding carboxylic acids is 1. The van der Waals surface area contributed by atoms with E-state index in [1.165, 1.54) is 21.9 Å². The van der Waals surface area contributed by atoms with E-state index in [1.54, 1.807) is 0 Å². The summed E-state index contributed by atoms with van der Waals surface area (Å²) in [4.78, 5) is 13.5. The van der Waals surface area contributed by atoms with Crippen molar-refractivity contribution >= 4 is 59.7 Å². The summed E-state index contributed by atoms with van der Waals surface area (Å²) in [5.41, 5.74) is 6.31. The number of Topliss-reactive ketones (excluding diaryl/α,β-unsaturated/α-hetero) is 1. The van der Waals surface area contributed by atoms with Crippen molar-refractivity contribution in [3.05, 3.63) is 110 Å². The lowest BCUT2D eigenvalue weighted by Crippen LogP contribution is -2.27. The number of nitrogens with one attached hydrogen (secondary N) is 1. The van der Waals surface area contributed by atoms with Crippen molar-refractivity contribution in [1.29, 1.82) is 0 Å². The first-order valence-corrected chi connectivity index (χ1v) is 13.4. The van der Waals surface area contributed by atoms with Gasteiger partial charge in [0, 0.05) is 33.3 Å². The highest BCUT2D eigenvalue weighted by molar-refractivity contribution is 9.11. The number of hydrogen-bond acceptors (Lipinski definition) is 3. The van der Waals surface area contributed by atoms with Gasteiger partial charge in [-0.2, -0.15) is 0 Å². The molecule has 6 rings (SSSR count). The van der Waals surface area contributed by atoms with Crippen LogP contribution < -0.4 is 10.1 Å². The van der Waals surface area contributed by atoms with Crippen LogP contribution in [0.4, 0.5) is 5.69 Å². The summed E-state index contributed by atoms with van der Waals surface area (Å²) in [6.45, 7) is 0.446. The smallest absolute Gasteiger partial charge is 0.161 e. The molecule has 1 heterocycles. The number of anilines is 1. The van der Waals surface area contributed by atoms with Gasteiger partial charge in [0.25, 0.3) is 0 Å². The van der Waals surface area contributed by atoms with Crippen LogP contribution in [-0.4, -0.2) is 5.78 Å². The zero-order chi connectivity index (χ0) is 23.9. The lowest BCUT2D eigenvalue weighted by molar-refractivity contribution is -0.116. The van der Waals surface area contributed by atoms with Crippen molar-refractivity contribution in [3.63, 3.8) is 0 Å². The summed E-state index contributed by atoms with van der Waals surface area (Å²) < 4.78 is 8.18. The van der Waals surface area contributed by atoms with Crippen LogP contribution in [0.2, 0.25) is 0 Å². The number of halogens is 2. The van der Waals surface area contributed by atoms with Gasteiger partial charge in [0.2, 0.25) is 0 Å². The Hall–Kier alpha value is -2.89. The molecule has 0 unspecified atom stereocenters. The van der Waals surface area contributed by atoms with Crippen molar-refractivity contribution < 1.29 is 9.53 Å². The number of ketones is 1. The van der Waals surface area contributed by atoms with E-state index < -0.39 is 0 Å². The standard InChI is InChI=1S/C30H23Br2NO2/c31-20-15-23(30(24(32)16-20)35-17-18-7-2-1-3-8-18)29-28-22(11-6-12-26(28)34)27-21-10-5-4-9-19(21)13-14-25(27)33-29/h1-5,7-10,13-16,29,33H,6,11-12,17H2/t29-/m1/s1. The molecule has 174 valence electrons. The van der Waals surface area contributed by atoms with Gasteiger partial charge in [-0.25, -0.2) is 0 Å². The van der Waals surface area contributed by atoms with Crippen molar-refractivity contribution in [2.75, 3.05) is 5.32 Å². The maximum Gasteiger partial charge on any atom is 0.161 e. The maximum absolute atomic E-state index is 13.5. The van der Waals surface area contributed by atoms with E-state index in [1.807, 2.05) is 24.3 Å². The third-order valence-corrected chi connectivity index (χ3v) is 7.90. The zero-order valence-corrected chi connectivity index (χ0v) is 22.2. The highest BCUT2D eigenvalue weighted by Gasteiger charge is 2.36. The van der Waals surface area contributed by atoms with Crippen molar-refractivity contribution in [2.24, 2.45) is 0 Å². The van der Waals surface area contributed by atoms with Gasteiger partial charge in [-0.05, 0) is 68.9 Å². The molecule has 1 atom stereocenters. The molecule has 5 heteroatoms. The first-order chi connectivity index (χ1) is 17.1. The SMILES string of the molecule is O=C1CCCC2=C1[C@@H](c1cc(Br)cc(Br)c1OCc1ccccc1)Nc1ccc3ccccc3c12. The fourth-order valence-electron chi connectivity index (χ4n) is 5.31. The van der Waals surface area contributed by atoms with Crippen LogP contribution in [0.5, 0.6) is 5.75 Å². The highest BCUT2D eigenvalue weighted by Crippen LogP contribution is 2.50. The van der Waals surface area contributed by atoms with Gasteiger partial charge >= 0.3 is 0 Å². The summed E-state index contributed by atoms with van der Waals surface area (Å²) in [5, 5.41) is 6.11. The van der Waals surface area contributed by atoms with Gasteiger partial charge in [0.05, 0.1) is 10.5 Å². The predicted molar refractivity (Wildman–Crippen MR) is 149 cm³/mol. The second kappa shape index (κ2) is 9.29. The molecular formula is C30H23Br2NO2. The monoisotopic (exact) mass is 587 g/mol. The number of rotatable bonds is 4. The normalized spacial score (nSPS) is 17.1. The Kier molecular flexibility index (Phi) is 5.99. The van der Waals surface area contributed by atoms with Crippen LogP contribution in [0.1, 0.15) is 42.0 Å². The van der Waals surface area contributed by atoms with Crippen molar-refractivity contribution in [3.8, 4) is 5.75 Å². The van der Waals surface area contributed by atoms with Crippen molar-refractivity contribution in [2.45, 2.75) is 31.9 Å². The van der Waals surface area contributed by atoms with Crippen LogP contribution in [-0.2, 0) is 11.4 Å². The van der Waals surface area contributed by atoms with Gasteiger partial charge in [0.1, 0.15) is 12.4 Å². The molecule has 0 amide bonds. The molecule has 0 fully saturated rings. The zero-order valence-electron chi connectivity index (χ0n) is 19.0. The first kappa shape index (κ1) is 22.6. The van der Waals surface area contributed by atoms with Crippen LogP contribution in [0, 0.1) is 0 Å². The Morgan fingerprint density at radius 1 is 0.914 bits per heavy atom. The molecule has 0 radical (unpaired) electrons. The molecule has 1 aliphatic carbocycles. The summed E-state index contributed by atoms with van der Waals surface area (Å²) in [6.07, 6.45) is 2.36. The topological polar surface area (TPSA) is 38.3 Å². The fourth-order valence-corrected chi connectivity index (χ4v) is 6.69. The lowest BCUT2D eigenvalue weighted by Gasteiger charge is -2.36. The minimum atomic E-state index is -0.286. The number of carbonyl (C=O) groups is 1. The first-order valence-electron chi connectivity index (χ1n) is 11.8. The molecule has 0 saturated heterocycles. The molecule has 1 N–H and O–H groups in total. The Labute approximate surface area is 221 Å². The quantitative estimate of drug-likeness (QED) is 0.259. The van der Waals surface area contributed by atoms with E-state index >= 15 is 0 Å². The van der Waals surface area contributed by atoms with Crippen LogP contribution in [0.15, 0.2) is 93.4 Å². The largest absolute Gasteiger partial charge is 0.487 e. The lowest BCUT2D eigenvalue weighted by atomic mass is 9.76. The van der Waals surface area contributed by atoms with E-state index in [2.05, 4.69) is 91.8 Å². The minimum absolute atomic E-state index is 0.215. The van der Waals surface area contributed by atoms with Crippen molar-refractivity contribution in [1.82, 2.24) is 0 Å². The van der Waals surface area contributed by atoms with Gasteiger partial charge in [-0.1, -0.05) is 76.6 Å². The van der Waals surface area contributed by atoms with Gasteiger partial charge in [0.15, 0.2) is 5.78 Å². The molecular weight excluding hydrogens is 566 g/mol. The predicted octanol–water partition coefficient (Wildman–Crippen LogP) is 8.62. The number of ether oxygens (including phenoxy) is 1. The third-order valence-electron chi connectivity index (χ3n) is 6.85.